The molecule has 11 nitrogen and oxygen atoms in total. The van der Waals surface area contributed by atoms with Gasteiger partial charge < -0.3 is 20.2 Å². The van der Waals surface area contributed by atoms with E-state index in [4.69, 9.17) is 9.57 Å². The molecule has 2 aromatic carbocycles. The van der Waals surface area contributed by atoms with Crippen LogP contribution in [0.5, 0.6) is 0 Å². The van der Waals surface area contributed by atoms with Gasteiger partial charge in [0.25, 0.3) is 11.8 Å². The van der Waals surface area contributed by atoms with Crippen LogP contribution < -0.4 is 16.0 Å². The molecule has 38 heavy (non-hydrogen) atoms. The lowest BCUT2D eigenvalue weighted by Gasteiger charge is -2.25. The number of amides is 5. The van der Waals surface area contributed by atoms with Gasteiger partial charge in [-0.2, -0.15) is 0 Å². The van der Waals surface area contributed by atoms with Gasteiger partial charge in [-0.3, -0.25) is 19.7 Å². The summed E-state index contributed by atoms with van der Waals surface area (Å²) in [6, 6.07) is 15.9. The minimum absolute atomic E-state index is 0.0286. The molecule has 2 atom stereocenters. The van der Waals surface area contributed by atoms with Crippen LogP contribution in [0.4, 0.5) is 9.59 Å². The number of fused-ring (bicyclic) bond motifs is 3. The van der Waals surface area contributed by atoms with E-state index in [1.807, 2.05) is 55.5 Å². The second-order valence-corrected chi connectivity index (χ2v) is 9.21. The molecular formula is C27H30N4O7. The van der Waals surface area contributed by atoms with Crippen molar-refractivity contribution in [1.82, 2.24) is 21.0 Å². The third kappa shape index (κ3) is 5.93. The van der Waals surface area contributed by atoms with Gasteiger partial charge in [0, 0.05) is 18.8 Å². The third-order valence-corrected chi connectivity index (χ3v) is 6.72. The van der Waals surface area contributed by atoms with Gasteiger partial charge in [0.2, 0.25) is 5.91 Å². The first-order valence-corrected chi connectivity index (χ1v) is 12.5. The van der Waals surface area contributed by atoms with E-state index in [-0.39, 0.29) is 37.8 Å². The molecular weight excluding hydrogens is 492 g/mol. The van der Waals surface area contributed by atoms with Crippen molar-refractivity contribution in [3.63, 3.8) is 0 Å². The fraction of sp³-hybridized carbons (Fsp3) is 0.370. The number of carbonyl (C=O) groups excluding carboxylic acids is 5. The first-order chi connectivity index (χ1) is 18.3. The van der Waals surface area contributed by atoms with Crippen LogP contribution in [-0.2, 0) is 24.0 Å². The largest absolute Gasteiger partial charge is 0.449 e. The summed E-state index contributed by atoms with van der Waals surface area (Å²) in [6.07, 6.45) is -2.13. The summed E-state index contributed by atoms with van der Waals surface area (Å²) in [5, 5.41) is 7.91. The Bertz CT molecular complexity index is 1190. The lowest BCUT2D eigenvalue weighted by atomic mass is 9.98. The zero-order chi connectivity index (χ0) is 27.2. The van der Waals surface area contributed by atoms with Gasteiger partial charge in [0.05, 0.1) is 0 Å². The maximum absolute atomic E-state index is 12.5. The normalized spacial score (nSPS) is 15.8. The molecule has 1 aliphatic heterocycles. The number of ether oxygens (including phenoxy) is 1. The standard InChI is InChI=1S/C27H30N4O7/c1-3-16(2)25(30-27(36)38-31-23(33)12-13-24(31)34)29-22(32)14-28-26(35)37-15-21-19-10-6-4-8-17(19)18-9-5-7-11-20(18)21/h4-11,16,21,25H,3,12-15H2,1-2H3,(H,28,35)(H,29,32)(H,30,36)/t16-,25+/m0/s1. The van der Waals surface area contributed by atoms with Crippen LogP contribution in [0.1, 0.15) is 50.2 Å². The van der Waals surface area contributed by atoms with Crippen LogP contribution >= 0.6 is 0 Å². The molecule has 0 spiro atoms. The molecule has 2 aliphatic rings. The monoisotopic (exact) mass is 522 g/mol. The maximum Gasteiger partial charge on any atom is 0.433 e. The van der Waals surface area contributed by atoms with Crippen molar-refractivity contribution in [1.29, 1.82) is 0 Å². The highest BCUT2D eigenvalue weighted by Crippen LogP contribution is 2.44. The van der Waals surface area contributed by atoms with Crippen LogP contribution in [-0.4, -0.2) is 54.3 Å². The van der Waals surface area contributed by atoms with Crippen molar-refractivity contribution >= 4 is 29.9 Å². The zero-order valence-electron chi connectivity index (χ0n) is 21.2. The number of imide groups is 1. The summed E-state index contributed by atoms with van der Waals surface area (Å²) in [7, 11) is 0. The van der Waals surface area contributed by atoms with Crippen molar-refractivity contribution in [3.05, 3.63) is 59.7 Å². The van der Waals surface area contributed by atoms with Gasteiger partial charge in [-0.1, -0.05) is 62.4 Å². The maximum atomic E-state index is 12.5. The Labute approximate surface area is 219 Å². The number of carbonyl (C=O) groups is 5. The van der Waals surface area contributed by atoms with Crippen LogP contribution in [0.2, 0.25) is 0 Å². The molecule has 200 valence electrons. The molecule has 0 radical (unpaired) electrons. The van der Waals surface area contributed by atoms with E-state index in [2.05, 4.69) is 16.0 Å². The van der Waals surface area contributed by atoms with Crippen LogP contribution in [0.3, 0.4) is 0 Å². The van der Waals surface area contributed by atoms with Gasteiger partial charge >= 0.3 is 12.2 Å². The topological polar surface area (TPSA) is 143 Å². The van der Waals surface area contributed by atoms with E-state index < -0.39 is 36.1 Å². The second kappa shape index (κ2) is 11.8. The fourth-order valence-corrected chi connectivity index (χ4v) is 4.48. The lowest BCUT2D eigenvalue weighted by molar-refractivity contribution is -0.171. The molecule has 11 heteroatoms. The summed E-state index contributed by atoms with van der Waals surface area (Å²) < 4.78 is 5.43. The van der Waals surface area contributed by atoms with Crippen LogP contribution in [0, 0.1) is 5.92 Å². The van der Waals surface area contributed by atoms with E-state index in [1.165, 1.54) is 0 Å². The smallest absolute Gasteiger partial charge is 0.433 e. The highest BCUT2D eigenvalue weighted by Gasteiger charge is 2.34. The van der Waals surface area contributed by atoms with E-state index in [0.29, 0.717) is 11.5 Å². The number of alkyl carbamates (subject to hydrolysis) is 1. The number of benzene rings is 2. The Morgan fingerprint density at radius 2 is 1.50 bits per heavy atom. The minimum Gasteiger partial charge on any atom is -0.449 e. The Balaban J connectivity index is 1.26. The van der Waals surface area contributed by atoms with E-state index in [9.17, 15) is 24.0 Å². The fourth-order valence-electron chi connectivity index (χ4n) is 4.48. The molecule has 0 aromatic heterocycles. The highest BCUT2D eigenvalue weighted by molar-refractivity contribution is 6.01. The van der Waals surface area contributed by atoms with Gasteiger partial charge in [-0.05, 0) is 34.6 Å². The molecule has 1 heterocycles. The molecule has 2 aromatic rings. The Hall–Kier alpha value is -4.41. The summed E-state index contributed by atoms with van der Waals surface area (Å²) in [4.78, 5) is 65.2. The van der Waals surface area contributed by atoms with Crippen molar-refractivity contribution in [2.45, 2.75) is 45.2 Å². The Kier molecular flexibility index (Phi) is 8.25. The van der Waals surface area contributed by atoms with Crippen molar-refractivity contribution in [2.24, 2.45) is 5.92 Å². The number of hydrogen-bond donors (Lipinski definition) is 3. The van der Waals surface area contributed by atoms with Crippen LogP contribution in [0.25, 0.3) is 11.1 Å². The molecule has 3 N–H and O–H groups in total. The quantitative estimate of drug-likeness (QED) is 0.339. The van der Waals surface area contributed by atoms with E-state index in [1.54, 1.807) is 6.92 Å². The molecule has 0 bridgehead atoms. The molecule has 0 saturated carbocycles. The summed E-state index contributed by atoms with van der Waals surface area (Å²) in [5.41, 5.74) is 4.37. The summed E-state index contributed by atoms with van der Waals surface area (Å²) >= 11 is 0. The van der Waals surface area contributed by atoms with E-state index >= 15 is 0 Å². The molecule has 1 saturated heterocycles. The molecule has 4 rings (SSSR count). The predicted octanol–water partition coefficient (Wildman–Crippen LogP) is 2.80. The van der Waals surface area contributed by atoms with E-state index in [0.717, 1.165) is 22.3 Å². The first-order valence-electron chi connectivity index (χ1n) is 12.5. The molecule has 1 fully saturated rings. The minimum atomic E-state index is -1.05. The Morgan fingerprint density at radius 3 is 2.08 bits per heavy atom. The van der Waals surface area contributed by atoms with Gasteiger partial charge in [-0.15, -0.1) is 5.06 Å². The first kappa shape index (κ1) is 26.6. The third-order valence-electron chi connectivity index (χ3n) is 6.72. The average molecular weight is 523 g/mol. The molecule has 1 aliphatic carbocycles. The Morgan fingerprint density at radius 1 is 0.921 bits per heavy atom. The van der Waals surface area contributed by atoms with Crippen LogP contribution in [0.15, 0.2) is 48.5 Å². The van der Waals surface area contributed by atoms with Gasteiger partial charge in [0.15, 0.2) is 0 Å². The van der Waals surface area contributed by atoms with Gasteiger partial charge in [-0.25, -0.2) is 9.59 Å². The molecule has 0 unspecified atom stereocenters. The lowest BCUT2D eigenvalue weighted by Crippen LogP contribution is -2.54. The summed E-state index contributed by atoms with van der Waals surface area (Å²) in [5.74, 6) is -2.12. The van der Waals surface area contributed by atoms with Crippen molar-refractivity contribution < 1.29 is 33.5 Å². The van der Waals surface area contributed by atoms with Crippen molar-refractivity contribution in [3.8, 4) is 11.1 Å². The number of rotatable bonds is 9. The second-order valence-electron chi connectivity index (χ2n) is 9.21. The number of nitrogens with one attached hydrogen (secondary N) is 3. The zero-order valence-corrected chi connectivity index (χ0v) is 21.2. The van der Waals surface area contributed by atoms with Crippen molar-refractivity contribution in [2.75, 3.05) is 13.2 Å². The number of hydrogen-bond acceptors (Lipinski definition) is 7. The van der Waals surface area contributed by atoms with Gasteiger partial charge in [0.1, 0.15) is 19.3 Å². The SMILES string of the molecule is CC[C@H](C)[C@H](NC(=O)CNC(=O)OCC1c2ccccc2-c2ccccc21)NC(=O)ON1C(=O)CCC1=O. The highest BCUT2D eigenvalue weighted by atomic mass is 16.7. The average Bonchev–Trinajstić information content (AvgIpc) is 3.41. The predicted molar refractivity (Wildman–Crippen MR) is 135 cm³/mol. The number of hydroxylamine groups is 2. The summed E-state index contributed by atoms with van der Waals surface area (Å²) in [6.45, 7) is 3.37. The number of nitrogens with zero attached hydrogens (tertiary/aromatic N) is 1. The molecule has 5 amide bonds.